The molecule has 0 saturated heterocycles. The number of hydrogen-bond donors (Lipinski definition) is 1. The van der Waals surface area contributed by atoms with Crippen LogP contribution in [0, 0.1) is 19.7 Å². The van der Waals surface area contributed by atoms with E-state index in [9.17, 15) is 4.39 Å². The van der Waals surface area contributed by atoms with Gasteiger partial charge in [-0.15, -0.1) is 0 Å². The van der Waals surface area contributed by atoms with Crippen LogP contribution in [0.2, 0.25) is 0 Å². The Morgan fingerprint density at radius 1 is 1.31 bits per heavy atom. The van der Waals surface area contributed by atoms with Gasteiger partial charge in [-0.3, -0.25) is 4.68 Å². The van der Waals surface area contributed by atoms with Gasteiger partial charge in [0, 0.05) is 31.9 Å². The minimum Gasteiger partial charge on any atom is -0.492 e. The highest BCUT2D eigenvalue weighted by molar-refractivity contribution is 5.79. The fourth-order valence-corrected chi connectivity index (χ4v) is 2.61. The third kappa shape index (κ3) is 5.21. The van der Waals surface area contributed by atoms with E-state index >= 15 is 0 Å². The van der Waals surface area contributed by atoms with E-state index in [1.54, 1.807) is 12.1 Å². The maximum atomic E-state index is 12.9. The second-order valence-corrected chi connectivity index (χ2v) is 6.17. The average Bonchev–Trinajstić information content (AvgIpc) is 2.85. The van der Waals surface area contributed by atoms with Crippen LogP contribution in [0.4, 0.5) is 4.39 Å². The molecular weight excluding hydrogens is 333 g/mol. The number of likely N-dealkylation sites (N-methyl/N-ethyl adjacent to an activating group) is 1. The van der Waals surface area contributed by atoms with E-state index in [1.165, 1.54) is 12.1 Å². The molecule has 142 valence electrons. The first-order valence-corrected chi connectivity index (χ1v) is 8.79. The predicted octanol–water partition coefficient (Wildman–Crippen LogP) is 2.65. The van der Waals surface area contributed by atoms with Crippen molar-refractivity contribution in [2.45, 2.75) is 27.3 Å². The summed E-state index contributed by atoms with van der Waals surface area (Å²) in [5.74, 6) is 1.21. The predicted molar refractivity (Wildman–Crippen MR) is 102 cm³/mol. The molecule has 1 aromatic carbocycles. The first-order chi connectivity index (χ1) is 12.4. The van der Waals surface area contributed by atoms with E-state index in [2.05, 4.69) is 17.3 Å². The van der Waals surface area contributed by atoms with Crippen LogP contribution in [0.3, 0.4) is 0 Å². The van der Waals surface area contributed by atoms with Crippen molar-refractivity contribution in [1.82, 2.24) is 20.0 Å². The van der Waals surface area contributed by atoms with Gasteiger partial charge in [0.15, 0.2) is 5.96 Å². The third-order valence-electron chi connectivity index (χ3n) is 4.25. The average molecular weight is 361 g/mol. The van der Waals surface area contributed by atoms with Crippen molar-refractivity contribution < 1.29 is 9.13 Å². The second-order valence-electron chi connectivity index (χ2n) is 6.17. The number of hydrogen-bond acceptors (Lipinski definition) is 3. The minimum atomic E-state index is -0.267. The molecule has 1 N–H and O–H groups in total. The molecule has 0 fully saturated rings. The summed E-state index contributed by atoms with van der Waals surface area (Å²) in [6.45, 7) is 8.61. The van der Waals surface area contributed by atoms with Crippen LogP contribution in [-0.4, -0.2) is 47.4 Å². The van der Waals surface area contributed by atoms with Gasteiger partial charge in [-0.25, -0.2) is 9.38 Å². The molecule has 0 aliphatic carbocycles. The quantitative estimate of drug-likeness (QED) is 0.608. The van der Waals surface area contributed by atoms with E-state index in [0.717, 1.165) is 29.5 Å². The van der Waals surface area contributed by atoms with Gasteiger partial charge in [0.1, 0.15) is 18.2 Å². The molecule has 0 saturated carbocycles. The monoisotopic (exact) mass is 361 g/mol. The first-order valence-electron chi connectivity index (χ1n) is 8.79. The van der Waals surface area contributed by atoms with Crippen LogP contribution in [0.15, 0.2) is 29.3 Å². The number of aliphatic imine (C=N–C) groups is 1. The Bertz CT molecular complexity index is 739. The van der Waals surface area contributed by atoms with E-state index in [0.29, 0.717) is 25.4 Å². The Labute approximate surface area is 154 Å². The van der Waals surface area contributed by atoms with Gasteiger partial charge in [-0.2, -0.15) is 5.10 Å². The molecule has 2 rings (SSSR count). The molecule has 0 amide bonds. The lowest BCUT2D eigenvalue weighted by molar-refractivity contribution is 0.281. The maximum absolute atomic E-state index is 12.9. The molecular formula is C19H28FN5O. The van der Waals surface area contributed by atoms with Gasteiger partial charge in [0.25, 0.3) is 0 Å². The van der Waals surface area contributed by atoms with Crippen LogP contribution in [-0.2, 0) is 13.6 Å². The number of nitrogens with zero attached hydrogens (tertiary/aromatic N) is 4. The van der Waals surface area contributed by atoms with E-state index in [-0.39, 0.29) is 5.82 Å². The summed E-state index contributed by atoms with van der Waals surface area (Å²) in [6, 6.07) is 6.04. The summed E-state index contributed by atoms with van der Waals surface area (Å²) in [4.78, 5) is 6.75. The summed E-state index contributed by atoms with van der Waals surface area (Å²) >= 11 is 0. The fourth-order valence-electron chi connectivity index (χ4n) is 2.61. The molecule has 0 bridgehead atoms. The SMILES string of the molecule is CCNC(=NCc1c(C)nn(C)c1C)N(C)CCOc1ccc(F)cc1. The lowest BCUT2D eigenvalue weighted by Gasteiger charge is -2.22. The van der Waals surface area contributed by atoms with Crippen molar-refractivity contribution in [1.29, 1.82) is 0 Å². The second kappa shape index (κ2) is 9.22. The van der Waals surface area contributed by atoms with Crippen LogP contribution in [0.1, 0.15) is 23.9 Å². The van der Waals surface area contributed by atoms with Crippen LogP contribution in [0.5, 0.6) is 5.75 Å². The van der Waals surface area contributed by atoms with Crippen molar-refractivity contribution in [3.63, 3.8) is 0 Å². The van der Waals surface area contributed by atoms with Crippen molar-refractivity contribution >= 4 is 5.96 Å². The molecule has 2 aromatic rings. The third-order valence-corrected chi connectivity index (χ3v) is 4.25. The topological polar surface area (TPSA) is 54.7 Å². The van der Waals surface area contributed by atoms with Crippen molar-refractivity contribution in [3.8, 4) is 5.75 Å². The molecule has 1 aromatic heterocycles. The Kier molecular flexibility index (Phi) is 7.00. The summed E-state index contributed by atoms with van der Waals surface area (Å²) < 4.78 is 20.5. The number of benzene rings is 1. The lowest BCUT2D eigenvalue weighted by Crippen LogP contribution is -2.40. The van der Waals surface area contributed by atoms with Gasteiger partial charge in [0.2, 0.25) is 0 Å². The molecule has 0 atom stereocenters. The molecule has 0 aliphatic heterocycles. The largest absolute Gasteiger partial charge is 0.492 e. The molecule has 6 nitrogen and oxygen atoms in total. The first kappa shape index (κ1) is 19.8. The van der Waals surface area contributed by atoms with E-state index < -0.39 is 0 Å². The Morgan fingerprint density at radius 3 is 2.58 bits per heavy atom. The standard InChI is InChI=1S/C19H28FN5O/c1-6-21-19(22-13-18-14(2)23-25(5)15(18)3)24(4)11-12-26-17-9-7-16(20)8-10-17/h7-10H,6,11-13H2,1-5H3,(H,21,22). The summed E-state index contributed by atoms with van der Waals surface area (Å²) in [5, 5.41) is 7.73. The van der Waals surface area contributed by atoms with Crippen LogP contribution < -0.4 is 10.1 Å². The zero-order valence-electron chi connectivity index (χ0n) is 16.2. The van der Waals surface area contributed by atoms with Crippen LogP contribution in [0.25, 0.3) is 0 Å². The van der Waals surface area contributed by atoms with Crippen molar-refractivity contribution in [2.24, 2.45) is 12.0 Å². The lowest BCUT2D eigenvalue weighted by atomic mass is 10.2. The minimum absolute atomic E-state index is 0.267. The normalized spacial score (nSPS) is 11.5. The molecule has 0 spiro atoms. The Morgan fingerprint density at radius 2 is 2.00 bits per heavy atom. The highest BCUT2D eigenvalue weighted by Gasteiger charge is 2.11. The number of rotatable bonds is 7. The highest BCUT2D eigenvalue weighted by Crippen LogP contribution is 2.13. The molecule has 0 radical (unpaired) electrons. The molecule has 1 heterocycles. The van der Waals surface area contributed by atoms with Gasteiger partial charge in [0.05, 0.1) is 18.8 Å². The molecule has 0 aliphatic rings. The van der Waals surface area contributed by atoms with Crippen LogP contribution >= 0.6 is 0 Å². The number of guanidine groups is 1. The molecule has 26 heavy (non-hydrogen) atoms. The van der Waals surface area contributed by atoms with Crippen molar-refractivity contribution in [2.75, 3.05) is 26.7 Å². The van der Waals surface area contributed by atoms with Crippen molar-refractivity contribution in [3.05, 3.63) is 47.0 Å². The summed E-state index contributed by atoms with van der Waals surface area (Å²) in [5.41, 5.74) is 3.29. The number of aromatic nitrogens is 2. The Hall–Kier alpha value is -2.57. The number of ether oxygens (including phenoxy) is 1. The Balaban J connectivity index is 1.95. The zero-order valence-corrected chi connectivity index (χ0v) is 16.2. The number of aryl methyl sites for hydroxylation is 2. The number of nitrogens with one attached hydrogen (secondary N) is 1. The smallest absolute Gasteiger partial charge is 0.194 e. The van der Waals surface area contributed by atoms with Gasteiger partial charge in [-0.05, 0) is 45.0 Å². The van der Waals surface area contributed by atoms with E-state index in [1.807, 2.05) is 37.5 Å². The van der Waals surface area contributed by atoms with E-state index in [4.69, 9.17) is 9.73 Å². The number of halogens is 1. The fraction of sp³-hybridized carbons (Fsp3) is 0.474. The maximum Gasteiger partial charge on any atom is 0.194 e. The molecule has 0 unspecified atom stereocenters. The summed E-state index contributed by atoms with van der Waals surface area (Å²) in [7, 11) is 3.91. The van der Waals surface area contributed by atoms with Gasteiger partial charge in [-0.1, -0.05) is 0 Å². The van der Waals surface area contributed by atoms with Gasteiger partial charge >= 0.3 is 0 Å². The zero-order chi connectivity index (χ0) is 19.1. The molecule has 7 heteroatoms. The summed E-state index contributed by atoms with van der Waals surface area (Å²) in [6.07, 6.45) is 0. The van der Waals surface area contributed by atoms with Gasteiger partial charge < -0.3 is 15.0 Å². The highest BCUT2D eigenvalue weighted by atomic mass is 19.1.